The fourth-order valence-corrected chi connectivity index (χ4v) is 1.30. The number of rotatable bonds is 6. The molecule has 1 aromatic heterocycles. The number of ether oxygens (including phenoxy) is 1. The normalized spacial score (nSPS) is 10.1. The van der Waals surface area contributed by atoms with Crippen LogP contribution in [-0.4, -0.2) is 13.1 Å². The third-order valence-electron chi connectivity index (χ3n) is 2.11. The second-order valence-electron chi connectivity index (χ2n) is 3.22. The third-order valence-corrected chi connectivity index (χ3v) is 2.11. The van der Waals surface area contributed by atoms with E-state index >= 15 is 0 Å². The molecule has 14 heavy (non-hydrogen) atoms. The average Bonchev–Trinajstić information content (AvgIpc) is 2.69. The molecule has 78 valence electrons. The molecule has 1 rings (SSSR count). The van der Waals surface area contributed by atoms with Crippen LogP contribution in [0.1, 0.15) is 31.4 Å². The first kappa shape index (κ1) is 10.8. The molecule has 0 amide bonds. The smallest absolute Gasteiger partial charge is 0.305 e. The van der Waals surface area contributed by atoms with E-state index in [1.54, 1.807) is 6.26 Å². The molecule has 0 unspecified atom stereocenters. The first-order valence-electron chi connectivity index (χ1n) is 4.92. The maximum absolute atomic E-state index is 10.8. The molecular weight excluding hydrogens is 180 g/mol. The number of unbranched alkanes of at least 4 members (excludes halogenated alkanes) is 2. The minimum absolute atomic E-state index is 0.122. The van der Waals surface area contributed by atoms with E-state index in [1.165, 1.54) is 7.11 Å². The van der Waals surface area contributed by atoms with Crippen LogP contribution < -0.4 is 0 Å². The molecule has 0 N–H and O–H groups in total. The highest BCUT2D eigenvalue weighted by molar-refractivity contribution is 5.68. The molecule has 0 bridgehead atoms. The Kier molecular flexibility index (Phi) is 4.83. The summed E-state index contributed by atoms with van der Waals surface area (Å²) in [5, 5.41) is 0. The first-order chi connectivity index (χ1) is 6.83. The highest BCUT2D eigenvalue weighted by atomic mass is 16.5. The fraction of sp³-hybridized carbons (Fsp3) is 0.545. The Morgan fingerprint density at radius 1 is 1.43 bits per heavy atom. The molecule has 0 radical (unpaired) electrons. The van der Waals surface area contributed by atoms with Gasteiger partial charge in [-0.25, -0.2) is 0 Å². The van der Waals surface area contributed by atoms with Gasteiger partial charge in [-0.1, -0.05) is 6.42 Å². The van der Waals surface area contributed by atoms with E-state index in [2.05, 4.69) is 4.74 Å². The highest BCUT2D eigenvalue weighted by Gasteiger charge is 2.00. The van der Waals surface area contributed by atoms with E-state index in [0.29, 0.717) is 6.42 Å². The number of methoxy groups -OCH3 is 1. The minimum atomic E-state index is -0.122. The largest absolute Gasteiger partial charge is 0.469 e. The molecule has 0 saturated heterocycles. The number of esters is 1. The van der Waals surface area contributed by atoms with Crippen molar-refractivity contribution in [2.45, 2.75) is 32.1 Å². The summed E-state index contributed by atoms with van der Waals surface area (Å²) < 4.78 is 9.74. The van der Waals surface area contributed by atoms with Gasteiger partial charge >= 0.3 is 5.97 Å². The number of carbonyl (C=O) groups excluding carboxylic acids is 1. The van der Waals surface area contributed by atoms with Crippen molar-refractivity contribution >= 4 is 5.97 Å². The summed E-state index contributed by atoms with van der Waals surface area (Å²) in [5.74, 6) is 0.895. The van der Waals surface area contributed by atoms with Gasteiger partial charge in [0.05, 0.1) is 13.4 Å². The number of hydrogen-bond acceptors (Lipinski definition) is 3. The van der Waals surface area contributed by atoms with Gasteiger partial charge in [-0.05, 0) is 25.0 Å². The number of furan rings is 1. The Morgan fingerprint density at radius 3 is 2.93 bits per heavy atom. The van der Waals surface area contributed by atoms with Gasteiger partial charge < -0.3 is 9.15 Å². The van der Waals surface area contributed by atoms with Crippen LogP contribution in [0.3, 0.4) is 0 Å². The molecule has 0 saturated carbocycles. The zero-order valence-electron chi connectivity index (χ0n) is 8.49. The highest BCUT2D eigenvalue weighted by Crippen LogP contribution is 2.08. The quantitative estimate of drug-likeness (QED) is 0.518. The third kappa shape index (κ3) is 4.12. The summed E-state index contributed by atoms with van der Waals surface area (Å²) in [4.78, 5) is 10.8. The van der Waals surface area contributed by atoms with Gasteiger partial charge in [0.1, 0.15) is 5.76 Å². The van der Waals surface area contributed by atoms with Gasteiger partial charge in [-0.3, -0.25) is 4.79 Å². The predicted octanol–water partition coefficient (Wildman–Crippen LogP) is 2.56. The van der Waals surface area contributed by atoms with E-state index in [-0.39, 0.29) is 5.97 Å². The maximum atomic E-state index is 10.8. The van der Waals surface area contributed by atoms with Crippen molar-refractivity contribution in [3.63, 3.8) is 0 Å². The van der Waals surface area contributed by atoms with Crippen LogP contribution in [0.5, 0.6) is 0 Å². The molecular formula is C11H16O3. The topological polar surface area (TPSA) is 39.4 Å². The summed E-state index contributed by atoms with van der Waals surface area (Å²) in [5.41, 5.74) is 0. The molecule has 0 spiro atoms. The first-order valence-corrected chi connectivity index (χ1v) is 4.92. The van der Waals surface area contributed by atoms with Crippen molar-refractivity contribution in [2.75, 3.05) is 7.11 Å². The van der Waals surface area contributed by atoms with E-state index in [1.807, 2.05) is 12.1 Å². The van der Waals surface area contributed by atoms with E-state index in [9.17, 15) is 4.79 Å². The predicted molar refractivity (Wildman–Crippen MR) is 52.9 cm³/mol. The van der Waals surface area contributed by atoms with Crippen molar-refractivity contribution < 1.29 is 13.9 Å². The molecule has 0 atom stereocenters. The summed E-state index contributed by atoms with van der Waals surface area (Å²) in [6.07, 6.45) is 6.15. The number of hydrogen-bond donors (Lipinski definition) is 0. The second kappa shape index (κ2) is 6.24. The monoisotopic (exact) mass is 196 g/mol. The van der Waals surface area contributed by atoms with E-state index in [0.717, 1.165) is 31.4 Å². The second-order valence-corrected chi connectivity index (χ2v) is 3.22. The van der Waals surface area contributed by atoms with Crippen LogP contribution in [0, 0.1) is 0 Å². The van der Waals surface area contributed by atoms with Crippen molar-refractivity contribution in [3.05, 3.63) is 24.2 Å². The van der Waals surface area contributed by atoms with Crippen LogP contribution in [0.4, 0.5) is 0 Å². The SMILES string of the molecule is COC(=O)CCCCCc1ccco1. The molecule has 0 aliphatic rings. The minimum Gasteiger partial charge on any atom is -0.469 e. The Labute approximate surface area is 84.1 Å². The van der Waals surface area contributed by atoms with Gasteiger partial charge in [-0.2, -0.15) is 0 Å². The van der Waals surface area contributed by atoms with Crippen LogP contribution in [0.2, 0.25) is 0 Å². The van der Waals surface area contributed by atoms with Crippen molar-refractivity contribution in [3.8, 4) is 0 Å². The van der Waals surface area contributed by atoms with Crippen molar-refractivity contribution in [1.29, 1.82) is 0 Å². The molecule has 0 fully saturated rings. The molecule has 1 aromatic rings. The van der Waals surface area contributed by atoms with Gasteiger partial charge in [0.25, 0.3) is 0 Å². The van der Waals surface area contributed by atoms with Gasteiger partial charge in [0, 0.05) is 12.8 Å². The Morgan fingerprint density at radius 2 is 2.29 bits per heavy atom. The Bertz CT molecular complexity index is 252. The van der Waals surface area contributed by atoms with Gasteiger partial charge in [0.15, 0.2) is 0 Å². The maximum Gasteiger partial charge on any atom is 0.305 e. The summed E-state index contributed by atoms with van der Waals surface area (Å²) in [6, 6.07) is 3.87. The average molecular weight is 196 g/mol. The van der Waals surface area contributed by atoms with E-state index in [4.69, 9.17) is 4.42 Å². The van der Waals surface area contributed by atoms with Crippen LogP contribution >= 0.6 is 0 Å². The van der Waals surface area contributed by atoms with Gasteiger partial charge in [0.2, 0.25) is 0 Å². The zero-order chi connectivity index (χ0) is 10.2. The molecule has 3 nitrogen and oxygen atoms in total. The standard InChI is InChI=1S/C11H16O3/c1-13-11(12)8-4-2-3-6-10-7-5-9-14-10/h5,7,9H,2-4,6,8H2,1H3. The van der Waals surface area contributed by atoms with Crippen LogP contribution in [0.15, 0.2) is 22.8 Å². The number of carbonyl (C=O) groups is 1. The summed E-state index contributed by atoms with van der Waals surface area (Å²) in [7, 11) is 1.42. The lowest BCUT2D eigenvalue weighted by atomic mass is 10.1. The number of aryl methyl sites for hydroxylation is 1. The molecule has 0 aliphatic heterocycles. The van der Waals surface area contributed by atoms with Gasteiger partial charge in [-0.15, -0.1) is 0 Å². The molecule has 0 aliphatic carbocycles. The summed E-state index contributed by atoms with van der Waals surface area (Å²) in [6.45, 7) is 0. The van der Waals surface area contributed by atoms with Crippen LogP contribution in [-0.2, 0) is 16.0 Å². The fourth-order valence-electron chi connectivity index (χ4n) is 1.30. The van der Waals surface area contributed by atoms with Crippen molar-refractivity contribution in [2.24, 2.45) is 0 Å². The Hall–Kier alpha value is -1.25. The lowest BCUT2D eigenvalue weighted by molar-refractivity contribution is -0.140. The zero-order valence-corrected chi connectivity index (χ0v) is 8.49. The van der Waals surface area contributed by atoms with Crippen LogP contribution in [0.25, 0.3) is 0 Å². The Balaban J connectivity index is 1.97. The van der Waals surface area contributed by atoms with E-state index < -0.39 is 0 Å². The molecule has 3 heteroatoms. The molecule has 0 aromatic carbocycles. The lowest BCUT2D eigenvalue weighted by Crippen LogP contribution is -1.99. The summed E-state index contributed by atoms with van der Waals surface area (Å²) >= 11 is 0. The molecule has 1 heterocycles. The van der Waals surface area contributed by atoms with Crippen molar-refractivity contribution in [1.82, 2.24) is 0 Å². The lowest BCUT2D eigenvalue weighted by Gasteiger charge is -1.98.